The lowest BCUT2D eigenvalue weighted by Gasteiger charge is -2.25. The van der Waals surface area contributed by atoms with E-state index in [1.165, 1.54) is 38.1 Å². The standard InChI is InChI=1S/C55H59N15O9S4/c1-10-69(11-2)43-27-39(41(29-45(43)78-8)65-67-53-56-31-36(81-53)25-37(32(6)71)48(73)57-34-21-17-15-18-22-34)59-51-62-52(64-54(63-51)80-14-5)60-40-28-44(70(12-3)13-4)46(79-9)30-42(40)66-68-55-61-50(83(75,76)77)47(82-55)26-38(33(7)72)49(74)58-35-23-19-16-20-24-35/h15-31H,10-14H2,1-9H3,(H,57,73)(H,58,74)(H,75,76,77)(H2,59,60,62,63,64). The molecule has 2 amide bonds. The van der Waals surface area contributed by atoms with Crippen LogP contribution in [0.4, 0.5) is 67.7 Å². The van der Waals surface area contributed by atoms with Crippen molar-refractivity contribution in [3.63, 3.8) is 0 Å². The number of rotatable bonds is 27. The van der Waals surface area contributed by atoms with Crippen molar-refractivity contribution < 1.29 is 41.6 Å². The van der Waals surface area contributed by atoms with Crippen molar-refractivity contribution in [2.75, 3.05) is 77.2 Å². The zero-order valence-electron chi connectivity index (χ0n) is 46.6. The van der Waals surface area contributed by atoms with Crippen molar-refractivity contribution in [2.24, 2.45) is 20.5 Å². The molecule has 0 fully saturated rings. The number of methoxy groups -OCH3 is 2. The number of azo groups is 2. The fourth-order valence-electron chi connectivity index (χ4n) is 7.91. The van der Waals surface area contributed by atoms with E-state index in [-0.39, 0.29) is 38.3 Å². The number of amides is 2. The number of anilines is 8. The summed E-state index contributed by atoms with van der Waals surface area (Å²) in [6, 6.07) is 24.1. The van der Waals surface area contributed by atoms with Crippen LogP contribution in [0.3, 0.4) is 0 Å². The summed E-state index contributed by atoms with van der Waals surface area (Å²) in [5, 5.41) is 29.3. The van der Waals surface area contributed by atoms with E-state index in [1.807, 2.05) is 51.7 Å². The van der Waals surface area contributed by atoms with Crippen LogP contribution in [-0.2, 0) is 29.3 Å². The van der Waals surface area contributed by atoms with Gasteiger partial charge in [-0.3, -0.25) is 23.7 Å². The second kappa shape index (κ2) is 28.7. The second-order valence-electron chi connectivity index (χ2n) is 17.3. The summed E-state index contributed by atoms with van der Waals surface area (Å²) in [6.07, 6.45) is 3.97. The molecule has 0 aliphatic heterocycles. The van der Waals surface area contributed by atoms with Crippen molar-refractivity contribution in [1.29, 1.82) is 0 Å². The number of carbonyl (C=O) groups is 4. The number of thiazole rings is 2. The summed E-state index contributed by atoms with van der Waals surface area (Å²) in [4.78, 5) is 79.0. The van der Waals surface area contributed by atoms with Gasteiger partial charge in [-0.1, -0.05) is 77.8 Å². The molecule has 3 heterocycles. The molecule has 0 radical (unpaired) electrons. The molecule has 0 saturated heterocycles. The van der Waals surface area contributed by atoms with Crippen LogP contribution in [0.25, 0.3) is 12.2 Å². The zero-order valence-corrected chi connectivity index (χ0v) is 49.9. The number of ether oxygens (including phenoxy) is 2. The highest BCUT2D eigenvalue weighted by atomic mass is 32.2. The lowest BCUT2D eigenvalue weighted by molar-refractivity contribution is -0.120. The number of carbonyl (C=O) groups excluding carboxylic acids is 4. The maximum absolute atomic E-state index is 13.3. The van der Waals surface area contributed by atoms with Crippen LogP contribution in [0.2, 0.25) is 0 Å². The van der Waals surface area contributed by atoms with E-state index in [0.717, 1.165) is 30.0 Å². The third-order valence-corrected chi connectivity index (χ3v) is 15.3. The molecule has 28 heteroatoms. The van der Waals surface area contributed by atoms with Crippen LogP contribution in [0.15, 0.2) is 133 Å². The molecule has 0 spiro atoms. The van der Waals surface area contributed by atoms with E-state index in [4.69, 9.17) is 24.4 Å². The van der Waals surface area contributed by atoms with Gasteiger partial charge in [-0.25, -0.2) is 9.97 Å². The Morgan fingerprint density at radius 1 is 0.639 bits per heavy atom. The Labute approximate surface area is 491 Å². The molecule has 0 aliphatic rings. The number of Topliss-reactive ketones (excluding diaryl/α,β-unsaturated/α-hetero) is 2. The molecule has 3 aromatic heterocycles. The summed E-state index contributed by atoms with van der Waals surface area (Å²) < 4.78 is 47.4. The Morgan fingerprint density at radius 3 is 1.54 bits per heavy atom. The summed E-state index contributed by atoms with van der Waals surface area (Å²) in [6.45, 7) is 14.9. The number of hydrogen-bond acceptors (Lipinski definition) is 24. The van der Waals surface area contributed by atoms with E-state index in [2.05, 4.69) is 56.6 Å². The first-order valence-electron chi connectivity index (χ1n) is 25.7. The summed E-state index contributed by atoms with van der Waals surface area (Å²) in [5.74, 6) is -0.847. The molecule has 24 nitrogen and oxygen atoms in total. The first-order chi connectivity index (χ1) is 39.9. The number of para-hydroxylation sites is 2. The van der Waals surface area contributed by atoms with Crippen LogP contribution in [0.5, 0.6) is 11.5 Å². The van der Waals surface area contributed by atoms with Gasteiger partial charge < -0.3 is 40.5 Å². The van der Waals surface area contributed by atoms with E-state index in [0.29, 0.717) is 98.9 Å². The Balaban J connectivity index is 1.27. The molecule has 83 heavy (non-hydrogen) atoms. The van der Waals surface area contributed by atoms with Crippen LogP contribution in [-0.4, -0.2) is 107 Å². The summed E-state index contributed by atoms with van der Waals surface area (Å²) in [7, 11) is -1.97. The van der Waals surface area contributed by atoms with Crippen LogP contribution in [0.1, 0.15) is 58.2 Å². The quantitative estimate of drug-likeness (QED) is 0.00798. The van der Waals surface area contributed by atoms with Gasteiger partial charge in [-0.05, 0) is 95.8 Å². The van der Waals surface area contributed by atoms with Gasteiger partial charge in [0.2, 0.25) is 27.2 Å². The maximum atomic E-state index is 13.3. The van der Waals surface area contributed by atoms with E-state index in [1.54, 1.807) is 79.9 Å². The predicted molar refractivity (Wildman–Crippen MR) is 326 cm³/mol. The Hall–Kier alpha value is -8.83. The number of hydrogen-bond donors (Lipinski definition) is 5. The molecule has 7 rings (SSSR count). The molecule has 0 saturated carbocycles. The van der Waals surface area contributed by atoms with Crippen molar-refractivity contribution in [3.05, 3.63) is 112 Å². The Morgan fingerprint density at radius 2 is 1.11 bits per heavy atom. The average molecular weight is 1200 g/mol. The molecule has 0 aliphatic carbocycles. The van der Waals surface area contributed by atoms with E-state index in [9.17, 15) is 32.1 Å². The first-order valence-corrected chi connectivity index (χ1v) is 29.8. The molecule has 0 unspecified atom stereocenters. The van der Waals surface area contributed by atoms with E-state index < -0.39 is 44.1 Å². The van der Waals surface area contributed by atoms with Gasteiger partial charge in [0.15, 0.2) is 16.7 Å². The normalized spacial score (nSPS) is 11.9. The molecule has 7 aromatic rings. The van der Waals surface area contributed by atoms with Crippen molar-refractivity contribution in [3.8, 4) is 11.5 Å². The van der Waals surface area contributed by atoms with Gasteiger partial charge in [-0.15, -0.1) is 20.5 Å². The van der Waals surface area contributed by atoms with Crippen molar-refractivity contribution in [2.45, 2.75) is 58.6 Å². The molecule has 4 aromatic carbocycles. The fourth-order valence-corrected chi connectivity index (χ4v) is 10.9. The Kier molecular flexibility index (Phi) is 21.4. The number of aromatic nitrogens is 5. The van der Waals surface area contributed by atoms with Crippen molar-refractivity contribution in [1.82, 2.24) is 24.9 Å². The molecule has 432 valence electrons. The average Bonchev–Trinajstić information content (AvgIpc) is 4.36. The smallest absolute Gasteiger partial charge is 0.313 e. The second-order valence-corrected chi connectivity index (χ2v) is 21.9. The highest BCUT2D eigenvalue weighted by Crippen LogP contribution is 2.43. The number of nitrogens with one attached hydrogen (secondary N) is 4. The monoisotopic (exact) mass is 1200 g/mol. The van der Waals surface area contributed by atoms with Gasteiger partial charge >= 0.3 is 10.1 Å². The molecule has 0 atom stereocenters. The highest BCUT2D eigenvalue weighted by Gasteiger charge is 2.26. The summed E-state index contributed by atoms with van der Waals surface area (Å²) in [5.41, 5.74) is 3.05. The SMILES string of the molecule is CCSc1nc(Nc2cc(N(CC)CC)c(OC)cc2N=Nc2ncc(C=C(C(C)=O)C(=O)Nc3ccccc3)s2)nc(Nc2cc(N(CC)CC)c(OC)cc2N=Nc2nc(S(=O)(=O)O)c(C=C(C(C)=O)C(=O)Nc3ccccc3)s2)n1. The molecular formula is C55H59N15O9S4. The lowest BCUT2D eigenvalue weighted by atomic mass is 10.1. The number of thioether (sulfide) groups is 1. The van der Waals surface area contributed by atoms with Gasteiger partial charge in [0.1, 0.15) is 22.9 Å². The van der Waals surface area contributed by atoms with Gasteiger partial charge in [-0.2, -0.15) is 23.4 Å². The molecule has 5 N–H and O–H groups in total. The number of benzene rings is 4. The van der Waals surface area contributed by atoms with Gasteiger partial charge in [0, 0.05) is 55.9 Å². The minimum absolute atomic E-state index is 0.0674. The van der Waals surface area contributed by atoms with Gasteiger partial charge in [0.05, 0.1) is 57.9 Å². The highest BCUT2D eigenvalue weighted by molar-refractivity contribution is 7.99. The first kappa shape index (κ1) is 61.8. The summed E-state index contributed by atoms with van der Waals surface area (Å²) >= 11 is 3.12. The maximum Gasteiger partial charge on any atom is 0.313 e. The van der Waals surface area contributed by atoms with Crippen LogP contribution >= 0.6 is 34.4 Å². The third kappa shape index (κ3) is 16.2. The number of nitrogens with zero attached hydrogens (tertiary/aromatic N) is 11. The lowest BCUT2D eigenvalue weighted by Crippen LogP contribution is -2.22. The molecular weight excluding hydrogens is 1140 g/mol. The third-order valence-electron chi connectivity index (χ3n) is 11.9. The Bertz CT molecular complexity index is 3730. The minimum Gasteiger partial charge on any atom is -0.494 e. The van der Waals surface area contributed by atoms with Crippen LogP contribution in [0, 0.1) is 0 Å². The minimum atomic E-state index is -5.02. The topological polar surface area (TPSA) is 310 Å². The fraction of sp³-hybridized carbons (Fsp3) is 0.255. The molecule has 0 bridgehead atoms. The zero-order chi connectivity index (χ0) is 59.8. The van der Waals surface area contributed by atoms with Crippen LogP contribution < -0.4 is 40.5 Å². The largest absolute Gasteiger partial charge is 0.494 e. The predicted octanol–water partition coefficient (Wildman–Crippen LogP) is 12.4. The van der Waals surface area contributed by atoms with E-state index >= 15 is 0 Å². The van der Waals surface area contributed by atoms with Gasteiger partial charge in [0.25, 0.3) is 11.8 Å². The van der Waals surface area contributed by atoms with Crippen molar-refractivity contribution >= 4 is 148 Å². The number of ketones is 2.